The highest BCUT2D eigenvalue weighted by Gasteiger charge is 2.40. The molecule has 2 saturated carbocycles. The van der Waals surface area contributed by atoms with Gasteiger partial charge in [-0.2, -0.15) is 0 Å². The maximum atomic E-state index is 4.62. The molecule has 0 radical (unpaired) electrons. The van der Waals surface area contributed by atoms with E-state index in [1.807, 2.05) is 11.3 Å². The lowest BCUT2D eigenvalue weighted by Crippen LogP contribution is -2.23. The molecule has 0 saturated heterocycles. The van der Waals surface area contributed by atoms with Crippen molar-refractivity contribution in [3.8, 4) is 0 Å². The molecule has 2 heterocycles. The van der Waals surface area contributed by atoms with E-state index in [9.17, 15) is 0 Å². The third-order valence-electron chi connectivity index (χ3n) is 4.49. The Kier molecular flexibility index (Phi) is 2.62. The molecule has 4 rings (SSSR count). The summed E-state index contributed by atoms with van der Waals surface area (Å²) >= 11 is 1.88. The second-order valence-electron chi connectivity index (χ2n) is 6.79. The molecule has 0 aliphatic heterocycles. The van der Waals surface area contributed by atoms with Crippen molar-refractivity contribution in [3.05, 3.63) is 33.5 Å². The SMILES string of the molecule is Cc1ccc(C(C)(C)c2nnc(C3CC3)n2C2CC2)s1. The summed E-state index contributed by atoms with van der Waals surface area (Å²) in [5, 5.41) is 9.17. The molecule has 106 valence electrons. The zero-order chi connectivity index (χ0) is 13.9. The molecule has 0 atom stereocenters. The lowest BCUT2D eigenvalue weighted by atomic mass is 9.90. The average Bonchev–Trinajstić information content (AvgIpc) is 3.34. The molecule has 0 unspecified atom stereocenters. The predicted molar refractivity (Wildman–Crippen MR) is 81.5 cm³/mol. The summed E-state index contributed by atoms with van der Waals surface area (Å²) in [5.74, 6) is 3.10. The van der Waals surface area contributed by atoms with Gasteiger partial charge in [0.2, 0.25) is 0 Å². The normalized spacial score (nSPS) is 19.6. The van der Waals surface area contributed by atoms with E-state index in [-0.39, 0.29) is 5.41 Å². The molecule has 2 aromatic rings. The lowest BCUT2D eigenvalue weighted by Gasteiger charge is -2.24. The Morgan fingerprint density at radius 1 is 1.15 bits per heavy atom. The molecule has 4 heteroatoms. The standard InChI is InChI=1S/C16H21N3S/c1-10-4-9-13(20-10)16(2,3)15-18-17-14(11-5-6-11)19(15)12-7-8-12/h4,9,11-12H,5-8H2,1-3H3. The van der Waals surface area contributed by atoms with E-state index in [2.05, 4.69) is 47.7 Å². The molecule has 2 aliphatic rings. The topological polar surface area (TPSA) is 30.7 Å². The third kappa shape index (κ3) is 1.93. The van der Waals surface area contributed by atoms with Crippen LogP contribution in [-0.2, 0) is 5.41 Å². The van der Waals surface area contributed by atoms with Crippen LogP contribution in [0.25, 0.3) is 0 Å². The second kappa shape index (κ2) is 4.17. The van der Waals surface area contributed by atoms with Crippen molar-refractivity contribution < 1.29 is 0 Å². The van der Waals surface area contributed by atoms with Crippen molar-refractivity contribution >= 4 is 11.3 Å². The molecule has 2 fully saturated rings. The van der Waals surface area contributed by atoms with Gasteiger partial charge in [0.15, 0.2) is 0 Å². The third-order valence-corrected chi connectivity index (χ3v) is 5.82. The number of aromatic nitrogens is 3. The number of hydrogen-bond donors (Lipinski definition) is 0. The maximum absolute atomic E-state index is 4.62. The zero-order valence-corrected chi connectivity index (χ0v) is 13.2. The molecule has 0 aromatic carbocycles. The first-order chi connectivity index (χ1) is 9.57. The summed E-state index contributed by atoms with van der Waals surface area (Å²) in [7, 11) is 0. The van der Waals surface area contributed by atoms with Crippen LogP contribution in [0.4, 0.5) is 0 Å². The van der Waals surface area contributed by atoms with Gasteiger partial charge in [-0.15, -0.1) is 21.5 Å². The smallest absolute Gasteiger partial charge is 0.144 e. The van der Waals surface area contributed by atoms with E-state index in [4.69, 9.17) is 0 Å². The molecule has 3 nitrogen and oxygen atoms in total. The van der Waals surface area contributed by atoms with Gasteiger partial charge in [0.05, 0.1) is 5.41 Å². The van der Waals surface area contributed by atoms with Crippen molar-refractivity contribution in [2.45, 2.75) is 63.8 Å². The molecule has 0 bridgehead atoms. The van der Waals surface area contributed by atoms with Crippen LogP contribution < -0.4 is 0 Å². The van der Waals surface area contributed by atoms with Crippen LogP contribution in [0.2, 0.25) is 0 Å². The van der Waals surface area contributed by atoms with Gasteiger partial charge in [-0.25, -0.2) is 0 Å². The lowest BCUT2D eigenvalue weighted by molar-refractivity contribution is 0.533. The van der Waals surface area contributed by atoms with E-state index in [0.29, 0.717) is 12.0 Å². The number of rotatable bonds is 4. The highest BCUT2D eigenvalue weighted by Crippen LogP contribution is 2.47. The number of thiophene rings is 1. The first-order valence-electron chi connectivity index (χ1n) is 7.59. The summed E-state index contributed by atoms with van der Waals surface area (Å²) in [5.41, 5.74) is -0.0400. The number of aryl methyl sites for hydroxylation is 1. The molecule has 0 amide bonds. The Labute approximate surface area is 124 Å². The van der Waals surface area contributed by atoms with Crippen molar-refractivity contribution in [2.75, 3.05) is 0 Å². The molecule has 2 aromatic heterocycles. The summed E-state index contributed by atoms with van der Waals surface area (Å²) in [6, 6.07) is 5.13. The summed E-state index contributed by atoms with van der Waals surface area (Å²) in [4.78, 5) is 2.76. The van der Waals surface area contributed by atoms with Crippen molar-refractivity contribution in [3.63, 3.8) is 0 Å². The predicted octanol–water partition coefficient (Wildman–Crippen LogP) is 4.19. The largest absolute Gasteiger partial charge is 0.311 e. The molecule has 0 N–H and O–H groups in total. The fourth-order valence-electron chi connectivity index (χ4n) is 2.92. The highest BCUT2D eigenvalue weighted by atomic mass is 32.1. The van der Waals surface area contributed by atoms with Gasteiger partial charge in [-0.1, -0.05) is 0 Å². The summed E-state index contributed by atoms with van der Waals surface area (Å²) in [6.45, 7) is 6.75. The van der Waals surface area contributed by atoms with Crippen LogP contribution in [0.15, 0.2) is 12.1 Å². The molecule has 20 heavy (non-hydrogen) atoms. The van der Waals surface area contributed by atoms with E-state index < -0.39 is 0 Å². The van der Waals surface area contributed by atoms with Crippen LogP contribution in [-0.4, -0.2) is 14.8 Å². The van der Waals surface area contributed by atoms with Gasteiger partial charge in [0.25, 0.3) is 0 Å². The monoisotopic (exact) mass is 287 g/mol. The zero-order valence-electron chi connectivity index (χ0n) is 12.4. The minimum atomic E-state index is -0.0400. The maximum Gasteiger partial charge on any atom is 0.144 e. The molecule has 0 spiro atoms. The van der Waals surface area contributed by atoms with Gasteiger partial charge < -0.3 is 4.57 Å². The Bertz CT molecular complexity index is 644. The second-order valence-corrected chi connectivity index (χ2v) is 8.08. The number of hydrogen-bond acceptors (Lipinski definition) is 3. The van der Waals surface area contributed by atoms with E-state index >= 15 is 0 Å². The Morgan fingerprint density at radius 2 is 1.90 bits per heavy atom. The molecular weight excluding hydrogens is 266 g/mol. The fraction of sp³-hybridized carbons (Fsp3) is 0.625. The van der Waals surface area contributed by atoms with Crippen molar-refractivity contribution in [2.24, 2.45) is 0 Å². The van der Waals surface area contributed by atoms with E-state index in [1.165, 1.54) is 47.1 Å². The first-order valence-corrected chi connectivity index (χ1v) is 8.41. The van der Waals surface area contributed by atoms with E-state index in [0.717, 1.165) is 0 Å². The average molecular weight is 287 g/mol. The van der Waals surface area contributed by atoms with Crippen LogP contribution in [0, 0.1) is 6.92 Å². The van der Waals surface area contributed by atoms with Gasteiger partial charge in [0.1, 0.15) is 11.6 Å². The van der Waals surface area contributed by atoms with E-state index in [1.54, 1.807) is 0 Å². The van der Waals surface area contributed by atoms with Crippen molar-refractivity contribution in [1.82, 2.24) is 14.8 Å². The Morgan fingerprint density at radius 3 is 2.45 bits per heavy atom. The van der Waals surface area contributed by atoms with Crippen LogP contribution in [0.1, 0.15) is 72.9 Å². The van der Waals surface area contributed by atoms with Gasteiger partial charge in [0, 0.05) is 21.7 Å². The van der Waals surface area contributed by atoms with Crippen LogP contribution >= 0.6 is 11.3 Å². The van der Waals surface area contributed by atoms with Crippen molar-refractivity contribution in [1.29, 1.82) is 0 Å². The Balaban J connectivity index is 1.81. The first kappa shape index (κ1) is 12.6. The molecular formula is C16H21N3S. The van der Waals surface area contributed by atoms with Crippen LogP contribution in [0.5, 0.6) is 0 Å². The van der Waals surface area contributed by atoms with Gasteiger partial charge >= 0.3 is 0 Å². The minimum absolute atomic E-state index is 0.0400. The highest BCUT2D eigenvalue weighted by molar-refractivity contribution is 7.12. The van der Waals surface area contributed by atoms with Gasteiger partial charge in [-0.3, -0.25) is 0 Å². The number of nitrogens with zero attached hydrogens (tertiary/aromatic N) is 3. The minimum Gasteiger partial charge on any atom is -0.311 e. The fourth-order valence-corrected chi connectivity index (χ4v) is 3.89. The molecule has 2 aliphatic carbocycles. The Hall–Kier alpha value is -1.16. The van der Waals surface area contributed by atoms with Gasteiger partial charge in [-0.05, 0) is 58.6 Å². The summed E-state index contributed by atoms with van der Waals surface area (Å²) in [6.07, 6.45) is 5.18. The quantitative estimate of drug-likeness (QED) is 0.844. The summed E-state index contributed by atoms with van der Waals surface area (Å²) < 4.78 is 2.48. The van der Waals surface area contributed by atoms with Crippen LogP contribution in [0.3, 0.4) is 0 Å².